The van der Waals surface area contributed by atoms with Crippen molar-refractivity contribution in [1.29, 1.82) is 0 Å². The van der Waals surface area contributed by atoms with Gasteiger partial charge in [-0.25, -0.2) is 0 Å². The highest BCUT2D eigenvalue weighted by Gasteiger charge is 2.22. The molecule has 4 N–H and O–H groups in total. The summed E-state index contributed by atoms with van der Waals surface area (Å²) in [4.78, 5) is 11.8. The number of nitrogens with one attached hydrogen (secondary N) is 1. The molecule has 1 unspecified atom stereocenters. The first kappa shape index (κ1) is 15.2. The molecule has 0 spiro atoms. The van der Waals surface area contributed by atoms with Crippen LogP contribution in [0.5, 0.6) is 0 Å². The van der Waals surface area contributed by atoms with Gasteiger partial charge >= 0.3 is 0 Å². The molecule has 0 aliphatic carbocycles. The lowest BCUT2D eigenvalue weighted by Gasteiger charge is -2.28. The van der Waals surface area contributed by atoms with Crippen LogP contribution in [0.25, 0.3) is 6.08 Å². The molecule has 0 heterocycles. The van der Waals surface area contributed by atoms with E-state index < -0.39 is 0 Å². The van der Waals surface area contributed by atoms with Crippen molar-refractivity contribution in [2.24, 2.45) is 0 Å². The van der Waals surface area contributed by atoms with Crippen molar-refractivity contribution in [3.8, 4) is 0 Å². The van der Waals surface area contributed by atoms with Crippen molar-refractivity contribution < 1.29 is 9.90 Å². The molecule has 0 fully saturated rings. The molecule has 4 nitrogen and oxygen atoms in total. The summed E-state index contributed by atoms with van der Waals surface area (Å²) in [5, 5.41) is 11.9. The average molecular weight is 262 g/mol. The van der Waals surface area contributed by atoms with E-state index in [1.165, 1.54) is 6.08 Å². The molecule has 0 saturated carbocycles. The largest absolute Gasteiger partial charge is 0.399 e. The van der Waals surface area contributed by atoms with E-state index in [9.17, 15) is 4.79 Å². The van der Waals surface area contributed by atoms with Crippen LogP contribution in [0.4, 0.5) is 5.69 Å². The van der Waals surface area contributed by atoms with Crippen molar-refractivity contribution in [1.82, 2.24) is 5.32 Å². The number of carbonyl (C=O) groups excluding carboxylic acids is 1. The number of carbonyl (C=O) groups is 1. The van der Waals surface area contributed by atoms with Crippen LogP contribution in [0, 0.1) is 0 Å². The summed E-state index contributed by atoms with van der Waals surface area (Å²) in [5.74, 6) is -0.158. The fraction of sp³-hybridized carbons (Fsp3) is 0.400. The molecule has 0 aliphatic heterocycles. The van der Waals surface area contributed by atoms with Crippen molar-refractivity contribution in [2.75, 3.05) is 12.3 Å². The minimum absolute atomic E-state index is 0.0618. The number of benzene rings is 1. The molecule has 0 aromatic heterocycles. The van der Waals surface area contributed by atoms with Crippen LogP contribution in [-0.2, 0) is 4.79 Å². The van der Waals surface area contributed by atoms with Gasteiger partial charge in [0.1, 0.15) is 0 Å². The topological polar surface area (TPSA) is 75.3 Å². The molecule has 104 valence electrons. The minimum atomic E-state index is -0.364. The number of hydrogen-bond acceptors (Lipinski definition) is 3. The Morgan fingerprint density at radius 3 is 2.58 bits per heavy atom. The molecule has 1 amide bonds. The highest BCUT2D eigenvalue weighted by Crippen LogP contribution is 2.14. The first-order chi connectivity index (χ1) is 8.99. The van der Waals surface area contributed by atoms with Gasteiger partial charge in [-0.15, -0.1) is 0 Å². The Bertz CT molecular complexity index is 440. The Labute approximate surface area is 114 Å². The van der Waals surface area contributed by atoms with Gasteiger partial charge in [0.2, 0.25) is 5.91 Å². The fourth-order valence-electron chi connectivity index (χ4n) is 1.69. The summed E-state index contributed by atoms with van der Waals surface area (Å²) in [6.45, 7) is 3.98. The predicted molar refractivity (Wildman–Crippen MR) is 78.4 cm³/mol. The van der Waals surface area contributed by atoms with E-state index in [1.807, 2.05) is 26.0 Å². The van der Waals surface area contributed by atoms with Crippen LogP contribution < -0.4 is 11.1 Å². The smallest absolute Gasteiger partial charge is 0.244 e. The van der Waals surface area contributed by atoms with E-state index in [1.54, 1.807) is 18.2 Å². The van der Waals surface area contributed by atoms with Crippen LogP contribution in [0.15, 0.2) is 30.3 Å². The Morgan fingerprint density at radius 2 is 2.05 bits per heavy atom. The third kappa shape index (κ3) is 5.14. The lowest BCUT2D eigenvalue weighted by atomic mass is 9.95. The van der Waals surface area contributed by atoms with Crippen LogP contribution >= 0.6 is 0 Å². The molecule has 1 rings (SSSR count). The Hall–Kier alpha value is -1.81. The SMILES string of the molecule is CCC(C)(CCO)NC(=O)/C=C/c1ccc(N)cc1. The highest BCUT2D eigenvalue weighted by molar-refractivity contribution is 5.92. The molecular formula is C15H22N2O2. The summed E-state index contributed by atoms with van der Waals surface area (Å²) in [6.07, 6.45) is 4.56. The number of nitrogen functional groups attached to an aromatic ring is 1. The Kier molecular flexibility index (Phi) is 5.57. The summed E-state index contributed by atoms with van der Waals surface area (Å²) in [7, 11) is 0. The quantitative estimate of drug-likeness (QED) is 0.542. The molecule has 1 aromatic rings. The van der Waals surface area contributed by atoms with Crippen molar-refractivity contribution in [2.45, 2.75) is 32.2 Å². The summed E-state index contributed by atoms with van der Waals surface area (Å²) in [6, 6.07) is 7.29. The molecule has 1 aromatic carbocycles. The van der Waals surface area contributed by atoms with Gasteiger partial charge < -0.3 is 16.2 Å². The van der Waals surface area contributed by atoms with Gasteiger partial charge in [0.25, 0.3) is 0 Å². The molecule has 1 atom stereocenters. The third-order valence-corrected chi connectivity index (χ3v) is 3.23. The van der Waals surface area contributed by atoms with E-state index >= 15 is 0 Å². The molecule has 0 aliphatic rings. The molecule has 0 radical (unpaired) electrons. The first-order valence-corrected chi connectivity index (χ1v) is 6.46. The van der Waals surface area contributed by atoms with Gasteiger partial charge in [-0.2, -0.15) is 0 Å². The van der Waals surface area contributed by atoms with E-state index in [4.69, 9.17) is 10.8 Å². The molecule has 0 bridgehead atoms. The van der Waals surface area contributed by atoms with Gasteiger partial charge in [-0.3, -0.25) is 4.79 Å². The van der Waals surface area contributed by atoms with Gasteiger partial charge in [-0.1, -0.05) is 19.1 Å². The zero-order valence-corrected chi connectivity index (χ0v) is 11.5. The number of rotatable bonds is 6. The van der Waals surface area contributed by atoms with Crippen LogP contribution in [0.1, 0.15) is 32.3 Å². The van der Waals surface area contributed by atoms with Gasteiger partial charge in [0.05, 0.1) is 0 Å². The summed E-state index contributed by atoms with van der Waals surface area (Å²) in [5.41, 5.74) is 6.84. The molecule has 4 heteroatoms. The molecule has 0 saturated heterocycles. The van der Waals surface area contributed by atoms with Gasteiger partial charge in [0.15, 0.2) is 0 Å². The summed E-state index contributed by atoms with van der Waals surface area (Å²) >= 11 is 0. The maximum absolute atomic E-state index is 11.8. The Balaban J connectivity index is 2.61. The van der Waals surface area contributed by atoms with Crippen molar-refractivity contribution in [3.05, 3.63) is 35.9 Å². The second-order valence-corrected chi connectivity index (χ2v) is 4.88. The second kappa shape index (κ2) is 6.95. The zero-order chi connectivity index (χ0) is 14.3. The Morgan fingerprint density at radius 1 is 1.42 bits per heavy atom. The minimum Gasteiger partial charge on any atom is -0.399 e. The number of hydrogen-bond donors (Lipinski definition) is 3. The van der Waals surface area contributed by atoms with Gasteiger partial charge in [-0.05, 0) is 43.5 Å². The van der Waals surface area contributed by atoms with Gasteiger partial charge in [0, 0.05) is 23.9 Å². The van der Waals surface area contributed by atoms with E-state index in [0.29, 0.717) is 12.1 Å². The zero-order valence-electron chi connectivity index (χ0n) is 11.5. The number of aliphatic hydroxyl groups is 1. The van der Waals surface area contributed by atoms with E-state index in [-0.39, 0.29) is 18.1 Å². The number of nitrogens with two attached hydrogens (primary N) is 1. The summed E-state index contributed by atoms with van der Waals surface area (Å²) < 4.78 is 0. The molecule has 19 heavy (non-hydrogen) atoms. The van der Waals surface area contributed by atoms with Crippen LogP contribution in [-0.4, -0.2) is 23.2 Å². The second-order valence-electron chi connectivity index (χ2n) is 4.88. The van der Waals surface area contributed by atoms with Crippen molar-refractivity contribution >= 4 is 17.7 Å². The van der Waals surface area contributed by atoms with E-state index in [0.717, 1.165) is 12.0 Å². The number of amides is 1. The van der Waals surface area contributed by atoms with Crippen LogP contribution in [0.3, 0.4) is 0 Å². The monoisotopic (exact) mass is 262 g/mol. The lowest BCUT2D eigenvalue weighted by Crippen LogP contribution is -2.45. The first-order valence-electron chi connectivity index (χ1n) is 6.46. The van der Waals surface area contributed by atoms with E-state index in [2.05, 4.69) is 5.32 Å². The maximum Gasteiger partial charge on any atom is 0.244 e. The fourth-order valence-corrected chi connectivity index (χ4v) is 1.69. The predicted octanol–water partition coefficient (Wildman–Crippen LogP) is 1.95. The average Bonchev–Trinajstić information content (AvgIpc) is 2.38. The highest BCUT2D eigenvalue weighted by atomic mass is 16.3. The van der Waals surface area contributed by atoms with Crippen LogP contribution in [0.2, 0.25) is 0 Å². The number of anilines is 1. The lowest BCUT2D eigenvalue weighted by molar-refractivity contribution is -0.118. The molecular weight excluding hydrogens is 240 g/mol. The van der Waals surface area contributed by atoms with Crippen molar-refractivity contribution in [3.63, 3.8) is 0 Å². The standard InChI is InChI=1S/C15H22N2O2/c1-3-15(2,10-11-18)17-14(19)9-6-12-4-7-13(16)8-5-12/h4-9,18H,3,10-11,16H2,1-2H3,(H,17,19)/b9-6+. The number of aliphatic hydroxyl groups excluding tert-OH is 1. The maximum atomic E-state index is 11.8. The third-order valence-electron chi connectivity index (χ3n) is 3.23. The normalized spacial score (nSPS) is 14.3.